The van der Waals surface area contributed by atoms with Gasteiger partial charge in [0.2, 0.25) is 0 Å². The molecular weight excluding hydrogens is 128 g/mol. The summed E-state index contributed by atoms with van der Waals surface area (Å²) >= 11 is 0. The highest BCUT2D eigenvalue weighted by molar-refractivity contribution is 5.82. The number of carbonyl (C=O) groups is 1. The van der Waals surface area contributed by atoms with E-state index in [1.807, 2.05) is 22.9 Å². The molecule has 1 unspecified atom stereocenters. The van der Waals surface area contributed by atoms with Gasteiger partial charge >= 0.3 is 0 Å². The molecule has 0 aromatic carbocycles. The number of aliphatic imine (C=N–C) groups is 1. The van der Waals surface area contributed by atoms with Gasteiger partial charge in [-0.2, -0.15) is 0 Å². The van der Waals surface area contributed by atoms with Crippen molar-refractivity contribution in [3.63, 3.8) is 0 Å². The fraction of sp³-hybridized carbons (Fsp3) is 0.143. The molecule has 0 amide bonds. The predicted octanol–water partition coefficient (Wildman–Crippen LogP) is 0.618. The van der Waals surface area contributed by atoms with Crippen molar-refractivity contribution < 1.29 is 4.79 Å². The molecule has 2 heterocycles. The van der Waals surface area contributed by atoms with Gasteiger partial charge in [-0.1, -0.05) is 0 Å². The molecule has 1 atom stereocenters. The molecule has 0 saturated carbocycles. The lowest BCUT2D eigenvalue weighted by Gasteiger charge is -2.00. The maximum absolute atomic E-state index is 10.3. The Kier molecular flexibility index (Phi) is 0.974. The average molecular weight is 134 g/mol. The molecule has 0 fully saturated rings. The molecule has 0 N–H and O–H groups in total. The number of fused-ring (bicyclic) bond motifs is 1. The van der Waals surface area contributed by atoms with Gasteiger partial charge < -0.3 is 4.57 Å². The maximum Gasteiger partial charge on any atom is 0.181 e. The van der Waals surface area contributed by atoms with Gasteiger partial charge in [-0.25, -0.2) is 0 Å². The summed E-state index contributed by atoms with van der Waals surface area (Å²) in [5.74, 6) is 0. The van der Waals surface area contributed by atoms with E-state index in [1.54, 1.807) is 6.21 Å². The maximum atomic E-state index is 10.3. The van der Waals surface area contributed by atoms with Gasteiger partial charge in [-0.15, -0.1) is 0 Å². The van der Waals surface area contributed by atoms with Crippen LogP contribution in [0.1, 0.15) is 11.9 Å². The van der Waals surface area contributed by atoms with Crippen LogP contribution in [0.3, 0.4) is 0 Å². The summed E-state index contributed by atoms with van der Waals surface area (Å²) in [5, 5.41) is 0. The first-order valence-corrected chi connectivity index (χ1v) is 3.07. The summed E-state index contributed by atoms with van der Waals surface area (Å²) in [4.78, 5) is 14.3. The monoisotopic (exact) mass is 134 g/mol. The Morgan fingerprint density at radius 3 is 3.40 bits per heavy atom. The molecule has 50 valence electrons. The van der Waals surface area contributed by atoms with Gasteiger partial charge in [0.1, 0.15) is 0 Å². The standard InChI is InChI=1S/C7H6N2O/c10-5-7-8-4-6-2-1-3-9(6)7/h1-5,7H. The Labute approximate surface area is 58.0 Å². The van der Waals surface area contributed by atoms with Gasteiger partial charge in [-0.05, 0) is 12.1 Å². The van der Waals surface area contributed by atoms with Crippen LogP contribution >= 0.6 is 0 Å². The second-order valence-electron chi connectivity index (χ2n) is 2.17. The van der Waals surface area contributed by atoms with E-state index in [1.165, 1.54) is 0 Å². The van der Waals surface area contributed by atoms with Crippen molar-refractivity contribution >= 4 is 12.5 Å². The van der Waals surface area contributed by atoms with Gasteiger partial charge in [0.15, 0.2) is 12.5 Å². The van der Waals surface area contributed by atoms with E-state index in [9.17, 15) is 4.79 Å². The molecule has 10 heavy (non-hydrogen) atoms. The van der Waals surface area contributed by atoms with Crippen molar-refractivity contribution in [2.24, 2.45) is 4.99 Å². The van der Waals surface area contributed by atoms with Crippen molar-refractivity contribution in [1.82, 2.24) is 4.57 Å². The third kappa shape index (κ3) is 0.543. The second kappa shape index (κ2) is 1.80. The fourth-order valence-corrected chi connectivity index (χ4v) is 1.08. The van der Waals surface area contributed by atoms with Gasteiger partial charge in [0, 0.05) is 12.4 Å². The zero-order valence-corrected chi connectivity index (χ0v) is 5.27. The number of aldehydes is 1. The Bertz CT molecular complexity index is 288. The van der Waals surface area contributed by atoms with Gasteiger partial charge in [-0.3, -0.25) is 9.79 Å². The second-order valence-corrected chi connectivity index (χ2v) is 2.17. The van der Waals surface area contributed by atoms with Gasteiger partial charge in [0.25, 0.3) is 0 Å². The van der Waals surface area contributed by atoms with Crippen LogP contribution in [-0.4, -0.2) is 17.1 Å². The molecule has 1 aromatic heterocycles. The molecular formula is C7H6N2O. The highest BCUT2D eigenvalue weighted by Crippen LogP contribution is 2.15. The smallest absolute Gasteiger partial charge is 0.181 e. The van der Waals surface area contributed by atoms with Crippen LogP contribution in [0.5, 0.6) is 0 Å². The minimum absolute atomic E-state index is 0.315. The van der Waals surface area contributed by atoms with Crippen molar-refractivity contribution in [1.29, 1.82) is 0 Å². The highest BCUT2D eigenvalue weighted by Gasteiger charge is 2.13. The van der Waals surface area contributed by atoms with Crippen molar-refractivity contribution in [2.45, 2.75) is 6.17 Å². The zero-order valence-electron chi connectivity index (χ0n) is 5.27. The predicted molar refractivity (Wildman–Crippen MR) is 37.1 cm³/mol. The lowest BCUT2D eigenvalue weighted by molar-refractivity contribution is -0.110. The van der Waals surface area contributed by atoms with Crippen LogP contribution in [0.2, 0.25) is 0 Å². The van der Waals surface area contributed by atoms with Gasteiger partial charge in [0.05, 0.1) is 5.69 Å². The molecule has 1 aliphatic heterocycles. The average Bonchev–Trinajstić information content (AvgIpc) is 2.44. The Hall–Kier alpha value is -1.38. The van der Waals surface area contributed by atoms with E-state index in [0.717, 1.165) is 12.0 Å². The summed E-state index contributed by atoms with van der Waals surface area (Å²) in [5.41, 5.74) is 0.997. The Balaban J connectivity index is 2.52. The number of hydrogen-bond acceptors (Lipinski definition) is 2. The zero-order chi connectivity index (χ0) is 6.97. The van der Waals surface area contributed by atoms with E-state index in [0.29, 0.717) is 0 Å². The van der Waals surface area contributed by atoms with E-state index < -0.39 is 0 Å². The van der Waals surface area contributed by atoms with Crippen molar-refractivity contribution in [3.05, 3.63) is 24.0 Å². The first-order chi connectivity index (χ1) is 4.92. The highest BCUT2D eigenvalue weighted by atomic mass is 16.1. The third-order valence-corrected chi connectivity index (χ3v) is 1.58. The minimum atomic E-state index is -0.315. The fourth-order valence-electron chi connectivity index (χ4n) is 1.08. The lowest BCUT2D eigenvalue weighted by Crippen LogP contribution is -2.02. The summed E-state index contributed by atoms with van der Waals surface area (Å²) < 4.78 is 1.83. The van der Waals surface area contributed by atoms with Crippen LogP contribution in [-0.2, 0) is 4.79 Å². The molecule has 3 heteroatoms. The quantitative estimate of drug-likeness (QED) is 0.518. The molecule has 3 nitrogen and oxygen atoms in total. The summed E-state index contributed by atoms with van der Waals surface area (Å²) in [6.45, 7) is 0. The topological polar surface area (TPSA) is 34.4 Å². The van der Waals surface area contributed by atoms with Crippen molar-refractivity contribution in [3.8, 4) is 0 Å². The van der Waals surface area contributed by atoms with Crippen LogP contribution in [0, 0.1) is 0 Å². The van der Waals surface area contributed by atoms with Crippen molar-refractivity contribution in [2.75, 3.05) is 0 Å². The third-order valence-electron chi connectivity index (χ3n) is 1.58. The van der Waals surface area contributed by atoms with Crippen LogP contribution in [0.25, 0.3) is 0 Å². The molecule has 2 rings (SSSR count). The number of aromatic nitrogens is 1. The van der Waals surface area contributed by atoms with E-state index >= 15 is 0 Å². The van der Waals surface area contributed by atoms with Crippen LogP contribution in [0.15, 0.2) is 23.3 Å². The van der Waals surface area contributed by atoms with Crippen LogP contribution < -0.4 is 0 Å². The molecule has 0 spiro atoms. The van der Waals surface area contributed by atoms with Crippen LogP contribution in [0.4, 0.5) is 0 Å². The number of hydrogen-bond donors (Lipinski definition) is 0. The number of carbonyl (C=O) groups excluding carboxylic acids is 1. The number of rotatable bonds is 1. The Morgan fingerprint density at radius 2 is 2.60 bits per heavy atom. The Morgan fingerprint density at radius 1 is 1.70 bits per heavy atom. The van der Waals surface area contributed by atoms with E-state index in [2.05, 4.69) is 4.99 Å². The summed E-state index contributed by atoms with van der Waals surface area (Å²) in [7, 11) is 0. The lowest BCUT2D eigenvalue weighted by atomic mass is 10.5. The molecule has 1 aromatic rings. The first-order valence-electron chi connectivity index (χ1n) is 3.07. The minimum Gasteiger partial charge on any atom is -0.318 e. The molecule has 0 bridgehead atoms. The largest absolute Gasteiger partial charge is 0.318 e. The summed E-state index contributed by atoms with van der Waals surface area (Å²) in [6, 6.07) is 3.82. The molecule has 0 radical (unpaired) electrons. The molecule has 0 saturated heterocycles. The first kappa shape index (κ1) is 5.41. The normalized spacial score (nSPS) is 21.0. The van der Waals surface area contributed by atoms with E-state index in [4.69, 9.17) is 0 Å². The molecule has 0 aliphatic carbocycles. The SMILES string of the molecule is O=CC1N=Cc2cccn21. The van der Waals surface area contributed by atoms with E-state index in [-0.39, 0.29) is 6.17 Å². The number of nitrogens with zero attached hydrogens (tertiary/aromatic N) is 2. The summed E-state index contributed by atoms with van der Waals surface area (Å²) in [6.07, 6.45) is 4.07. The molecule has 1 aliphatic rings.